The molecule has 0 aliphatic heterocycles. The van der Waals surface area contributed by atoms with Crippen LogP contribution in [0.5, 0.6) is 0 Å². The Labute approximate surface area is 258 Å². The van der Waals surface area contributed by atoms with Gasteiger partial charge < -0.3 is 0 Å². The standard InChI is InChI=1S/C38H25N7/c1-2-12-26(13-3-1)38-41-31-17-7-11-21-35(31)45(38)32-18-8-4-14-28(32)27-22-36(43-24-39-29-15-5-9-19-33(29)43)42-37(23-27)44-25-40-30-16-6-10-20-34(30)44/h1-25H. The molecule has 4 heterocycles. The lowest BCUT2D eigenvalue weighted by Gasteiger charge is -2.17. The van der Waals surface area contributed by atoms with E-state index in [1.807, 2.05) is 70.3 Å². The zero-order valence-electron chi connectivity index (χ0n) is 24.1. The van der Waals surface area contributed by atoms with E-state index in [9.17, 15) is 0 Å². The maximum Gasteiger partial charge on any atom is 0.145 e. The van der Waals surface area contributed by atoms with Crippen molar-refractivity contribution in [2.24, 2.45) is 0 Å². The second kappa shape index (κ2) is 10.1. The van der Waals surface area contributed by atoms with Crippen molar-refractivity contribution in [2.75, 3.05) is 0 Å². The third-order valence-corrected chi connectivity index (χ3v) is 8.25. The number of nitrogens with zero attached hydrogens (tertiary/aromatic N) is 7. The Balaban J connectivity index is 1.33. The lowest BCUT2D eigenvalue weighted by atomic mass is 10.0. The number of hydrogen-bond donors (Lipinski definition) is 0. The first-order valence-electron chi connectivity index (χ1n) is 14.8. The molecule has 7 nitrogen and oxygen atoms in total. The summed E-state index contributed by atoms with van der Waals surface area (Å²) in [5.74, 6) is 2.42. The lowest BCUT2D eigenvalue weighted by Crippen LogP contribution is -2.05. The molecule has 0 amide bonds. The fraction of sp³-hybridized carbons (Fsp3) is 0. The molecule has 0 spiro atoms. The van der Waals surface area contributed by atoms with Gasteiger partial charge in [0.1, 0.15) is 30.1 Å². The van der Waals surface area contributed by atoms with E-state index in [4.69, 9.17) is 9.97 Å². The Morgan fingerprint density at radius 3 is 1.62 bits per heavy atom. The van der Waals surface area contributed by atoms with E-state index in [-0.39, 0.29) is 0 Å². The van der Waals surface area contributed by atoms with Gasteiger partial charge in [-0.1, -0.05) is 84.9 Å². The molecule has 0 saturated heterocycles. The number of benzene rings is 5. The summed E-state index contributed by atoms with van der Waals surface area (Å²) in [4.78, 5) is 19.6. The minimum absolute atomic E-state index is 0.766. The Kier molecular flexibility index (Phi) is 5.67. The lowest BCUT2D eigenvalue weighted by molar-refractivity contribution is 0.962. The largest absolute Gasteiger partial charge is 0.292 e. The number of para-hydroxylation sites is 7. The van der Waals surface area contributed by atoms with Gasteiger partial charge >= 0.3 is 0 Å². The zero-order valence-corrected chi connectivity index (χ0v) is 24.1. The van der Waals surface area contributed by atoms with Gasteiger partial charge in [0.05, 0.1) is 38.8 Å². The highest BCUT2D eigenvalue weighted by Crippen LogP contribution is 2.36. The van der Waals surface area contributed by atoms with E-state index in [0.29, 0.717) is 0 Å². The van der Waals surface area contributed by atoms with Crippen molar-refractivity contribution in [1.82, 2.24) is 33.6 Å². The van der Waals surface area contributed by atoms with Gasteiger partial charge in [-0.15, -0.1) is 0 Å². The quantitative estimate of drug-likeness (QED) is 0.205. The van der Waals surface area contributed by atoms with Crippen molar-refractivity contribution in [3.05, 3.63) is 152 Å². The average Bonchev–Trinajstić information content (AvgIpc) is 3.84. The van der Waals surface area contributed by atoms with Crippen molar-refractivity contribution in [1.29, 1.82) is 0 Å². The van der Waals surface area contributed by atoms with Gasteiger partial charge in [-0.3, -0.25) is 13.7 Å². The highest BCUT2D eigenvalue weighted by atomic mass is 15.2. The summed E-state index contributed by atoms with van der Waals surface area (Å²) >= 11 is 0. The molecule has 9 rings (SSSR count). The van der Waals surface area contributed by atoms with E-state index < -0.39 is 0 Å². The van der Waals surface area contributed by atoms with Crippen LogP contribution in [0.25, 0.3) is 72.9 Å². The van der Waals surface area contributed by atoms with Crippen LogP contribution in [0.1, 0.15) is 0 Å². The molecule has 212 valence electrons. The molecule has 45 heavy (non-hydrogen) atoms. The number of pyridine rings is 1. The Hall–Kier alpha value is -6.34. The van der Waals surface area contributed by atoms with Crippen LogP contribution in [-0.4, -0.2) is 33.6 Å². The summed E-state index contributed by atoms with van der Waals surface area (Å²) in [6, 6.07) is 47.6. The van der Waals surface area contributed by atoms with Gasteiger partial charge in [0.25, 0.3) is 0 Å². The first-order valence-corrected chi connectivity index (χ1v) is 14.8. The molecule has 7 heteroatoms. The molecule has 0 radical (unpaired) electrons. The summed E-state index contributed by atoms with van der Waals surface area (Å²) in [5.41, 5.74) is 9.93. The Morgan fingerprint density at radius 1 is 0.422 bits per heavy atom. The minimum atomic E-state index is 0.766. The highest BCUT2D eigenvalue weighted by molar-refractivity contribution is 5.87. The molecule has 0 aliphatic carbocycles. The average molecular weight is 580 g/mol. The number of rotatable bonds is 5. The molecule has 0 fully saturated rings. The van der Waals surface area contributed by atoms with Crippen molar-refractivity contribution < 1.29 is 0 Å². The molecule has 0 saturated carbocycles. The third kappa shape index (κ3) is 4.13. The molecule has 0 N–H and O–H groups in total. The summed E-state index contributed by atoms with van der Waals surface area (Å²) in [6.45, 7) is 0. The van der Waals surface area contributed by atoms with Gasteiger partial charge in [0.2, 0.25) is 0 Å². The topological polar surface area (TPSA) is 66.3 Å². The van der Waals surface area contributed by atoms with Gasteiger partial charge in [-0.2, -0.15) is 0 Å². The molecule has 5 aromatic carbocycles. The van der Waals surface area contributed by atoms with E-state index in [1.54, 1.807) is 0 Å². The Morgan fingerprint density at radius 2 is 0.956 bits per heavy atom. The molecular formula is C38H25N7. The smallest absolute Gasteiger partial charge is 0.145 e. The van der Waals surface area contributed by atoms with Gasteiger partial charge in [-0.25, -0.2) is 19.9 Å². The molecule has 4 aromatic heterocycles. The molecular weight excluding hydrogens is 554 g/mol. The first-order chi connectivity index (χ1) is 22.3. The predicted molar refractivity (Wildman–Crippen MR) is 179 cm³/mol. The second-order valence-corrected chi connectivity index (χ2v) is 10.9. The van der Waals surface area contributed by atoms with E-state index in [1.165, 1.54) is 0 Å². The van der Waals surface area contributed by atoms with E-state index >= 15 is 0 Å². The highest BCUT2D eigenvalue weighted by Gasteiger charge is 2.19. The number of fused-ring (bicyclic) bond motifs is 3. The van der Waals surface area contributed by atoms with Crippen molar-refractivity contribution in [3.8, 4) is 39.8 Å². The molecule has 0 bridgehead atoms. The molecule has 0 aliphatic rings. The van der Waals surface area contributed by atoms with Crippen molar-refractivity contribution >= 4 is 33.1 Å². The van der Waals surface area contributed by atoms with Crippen LogP contribution in [-0.2, 0) is 0 Å². The summed E-state index contributed by atoms with van der Waals surface area (Å²) in [7, 11) is 0. The minimum Gasteiger partial charge on any atom is -0.292 e. The van der Waals surface area contributed by atoms with Crippen molar-refractivity contribution in [3.63, 3.8) is 0 Å². The van der Waals surface area contributed by atoms with E-state index in [2.05, 4.69) is 106 Å². The summed E-state index contributed by atoms with van der Waals surface area (Å²) in [5, 5.41) is 0. The third-order valence-electron chi connectivity index (χ3n) is 8.25. The second-order valence-electron chi connectivity index (χ2n) is 10.9. The number of hydrogen-bond acceptors (Lipinski definition) is 4. The fourth-order valence-corrected chi connectivity index (χ4v) is 6.15. The van der Waals surface area contributed by atoms with Gasteiger partial charge in [0, 0.05) is 11.1 Å². The summed E-state index contributed by atoms with van der Waals surface area (Å²) in [6.07, 6.45) is 3.69. The Bertz CT molecular complexity index is 2410. The molecule has 0 unspecified atom stereocenters. The maximum atomic E-state index is 5.18. The van der Waals surface area contributed by atoms with Gasteiger partial charge in [0.15, 0.2) is 0 Å². The van der Waals surface area contributed by atoms with Crippen LogP contribution in [0.4, 0.5) is 0 Å². The van der Waals surface area contributed by atoms with Crippen LogP contribution in [0, 0.1) is 0 Å². The monoisotopic (exact) mass is 579 g/mol. The van der Waals surface area contributed by atoms with Crippen LogP contribution in [0.2, 0.25) is 0 Å². The fourth-order valence-electron chi connectivity index (χ4n) is 6.15. The summed E-state index contributed by atoms with van der Waals surface area (Å²) < 4.78 is 6.36. The molecule has 0 atom stereocenters. The zero-order chi connectivity index (χ0) is 29.7. The normalized spacial score (nSPS) is 11.6. The van der Waals surface area contributed by atoms with Gasteiger partial charge in [-0.05, 0) is 60.2 Å². The number of aromatic nitrogens is 7. The SMILES string of the molecule is c1ccc(-c2nc3ccccc3n2-c2ccccc2-c2cc(-n3cnc4ccccc43)nc(-n3cnc4ccccc43)c2)cc1. The van der Waals surface area contributed by atoms with E-state index in [0.717, 1.165) is 72.9 Å². The van der Waals surface area contributed by atoms with Crippen molar-refractivity contribution in [2.45, 2.75) is 0 Å². The first kappa shape index (κ1) is 25.2. The van der Waals surface area contributed by atoms with Crippen LogP contribution < -0.4 is 0 Å². The molecule has 9 aromatic rings. The van der Waals surface area contributed by atoms with Crippen LogP contribution >= 0.6 is 0 Å². The maximum absolute atomic E-state index is 5.18. The van der Waals surface area contributed by atoms with Crippen LogP contribution in [0.15, 0.2) is 152 Å². The number of imidazole rings is 3. The predicted octanol–water partition coefficient (Wildman–Crippen LogP) is 8.43. The van der Waals surface area contributed by atoms with Crippen LogP contribution in [0.3, 0.4) is 0 Å².